The lowest BCUT2D eigenvalue weighted by atomic mass is 9.79. The van der Waals surface area contributed by atoms with Crippen LogP contribution in [0.2, 0.25) is 5.02 Å². The number of benzene rings is 2. The van der Waals surface area contributed by atoms with Crippen LogP contribution in [0, 0.1) is 5.92 Å². The summed E-state index contributed by atoms with van der Waals surface area (Å²) < 4.78 is 0. The van der Waals surface area contributed by atoms with Crippen molar-refractivity contribution in [3.63, 3.8) is 0 Å². The Morgan fingerprint density at radius 3 is 2.15 bits per heavy atom. The zero-order chi connectivity index (χ0) is 28.5. The van der Waals surface area contributed by atoms with Gasteiger partial charge in [0.2, 0.25) is 17.7 Å². The summed E-state index contributed by atoms with van der Waals surface area (Å²) in [5, 5.41) is 6.86. The molecular weight excluding hydrogens is 524 g/mol. The van der Waals surface area contributed by atoms with Gasteiger partial charge in [-0.05, 0) is 36.1 Å². The number of nitrogens with zero attached hydrogens (tertiary/aromatic N) is 2. The van der Waals surface area contributed by atoms with Gasteiger partial charge in [0.15, 0.2) is 0 Å². The predicted molar refractivity (Wildman–Crippen MR) is 159 cm³/mol. The van der Waals surface area contributed by atoms with E-state index in [1.54, 1.807) is 0 Å². The Morgan fingerprint density at radius 2 is 1.52 bits per heavy atom. The third-order valence-corrected chi connectivity index (χ3v) is 8.61. The zero-order valence-corrected chi connectivity index (χ0v) is 24.6. The van der Waals surface area contributed by atoms with Gasteiger partial charge in [0, 0.05) is 55.6 Å². The smallest absolute Gasteiger partial charge is 0.245 e. The molecular formula is C32H43ClN4O3. The normalized spacial score (nSPS) is 18.2. The Kier molecular flexibility index (Phi) is 10.6. The molecule has 40 heavy (non-hydrogen) atoms. The number of piperazine rings is 1. The van der Waals surface area contributed by atoms with E-state index in [0.717, 1.165) is 49.9 Å². The summed E-state index contributed by atoms with van der Waals surface area (Å²) in [6.07, 6.45) is 6.44. The maximum absolute atomic E-state index is 13.7. The van der Waals surface area contributed by atoms with Crippen LogP contribution in [-0.4, -0.2) is 71.8 Å². The SMILES string of the molecule is CC(C)C(=O)N[C@H](Cc1ccc(Cl)cc1)C(=O)N1CCN(C2(CNC(=O)Cc3ccccc3)CCCCC2)CC1. The lowest BCUT2D eigenvalue weighted by Crippen LogP contribution is -2.63. The van der Waals surface area contributed by atoms with Gasteiger partial charge in [0.05, 0.1) is 6.42 Å². The van der Waals surface area contributed by atoms with Crippen molar-refractivity contribution in [2.45, 2.75) is 70.4 Å². The highest BCUT2D eigenvalue weighted by molar-refractivity contribution is 6.30. The molecule has 7 nitrogen and oxygen atoms in total. The summed E-state index contributed by atoms with van der Waals surface area (Å²) in [6, 6.07) is 16.6. The molecule has 1 heterocycles. The van der Waals surface area contributed by atoms with E-state index >= 15 is 0 Å². The minimum atomic E-state index is -0.622. The number of amides is 3. The van der Waals surface area contributed by atoms with E-state index in [1.165, 1.54) is 6.42 Å². The van der Waals surface area contributed by atoms with Crippen molar-refractivity contribution in [2.24, 2.45) is 5.92 Å². The van der Waals surface area contributed by atoms with E-state index in [4.69, 9.17) is 11.6 Å². The van der Waals surface area contributed by atoms with Crippen molar-refractivity contribution in [3.05, 3.63) is 70.7 Å². The number of hydrogen-bond acceptors (Lipinski definition) is 4. The predicted octanol–water partition coefficient (Wildman–Crippen LogP) is 4.23. The standard InChI is InChI=1S/C32H43ClN4O3/c1-24(2)30(39)35-28(21-26-11-13-27(33)14-12-26)31(40)36-17-19-37(20-18-36)32(15-7-4-8-16-32)23-34-29(38)22-25-9-5-3-6-10-25/h3,5-6,9-14,24,28H,4,7-8,15-23H2,1-2H3,(H,34,38)(H,35,39)/t28-/m1/s1. The van der Waals surface area contributed by atoms with Crippen LogP contribution in [0.3, 0.4) is 0 Å². The zero-order valence-electron chi connectivity index (χ0n) is 23.8. The molecule has 2 N–H and O–H groups in total. The summed E-state index contributed by atoms with van der Waals surface area (Å²) in [5.41, 5.74) is 1.90. The maximum Gasteiger partial charge on any atom is 0.245 e. The van der Waals surface area contributed by atoms with Crippen molar-refractivity contribution in [2.75, 3.05) is 32.7 Å². The van der Waals surface area contributed by atoms with Crippen molar-refractivity contribution >= 4 is 29.3 Å². The molecule has 3 amide bonds. The van der Waals surface area contributed by atoms with Gasteiger partial charge in [-0.1, -0.05) is 87.2 Å². The number of carbonyl (C=O) groups is 3. The van der Waals surface area contributed by atoms with Gasteiger partial charge >= 0.3 is 0 Å². The fraction of sp³-hybridized carbons (Fsp3) is 0.531. The molecule has 8 heteroatoms. The first-order chi connectivity index (χ1) is 19.3. The molecule has 0 bridgehead atoms. The van der Waals surface area contributed by atoms with Crippen LogP contribution in [0.1, 0.15) is 57.1 Å². The Balaban J connectivity index is 1.38. The number of hydrogen-bond donors (Lipinski definition) is 2. The molecule has 216 valence electrons. The summed E-state index contributed by atoms with van der Waals surface area (Å²) in [5.74, 6) is -0.327. The van der Waals surface area contributed by atoms with Crippen molar-refractivity contribution in [1.82, 2.24) is 20.4 Å². The van der Waals surface area contributed by atoms with Crippen LogP contribution in [0.25, 0.3) is 0 Å². The third kappa shape index (κ3) is 8.07. The maximum atomic E-state index is 13.7. The molecule has 2 aromatic rings. The van der Waals surface area contributed by atoms with Gasteiger partial charge in [-0.2, -0.15) is 0 Å². The highest BCUT2D eigenvalue weighted by Gasteiger charge is 2.40. The van der Waals surface area contributed by atoms with Gasteiger partial charge in [-0.25, -0.2) is 0 Å². The molecule has 1 atom stereocenters. The van der Waals surface area contributed by atoms with Crippen LogP contribution in [0.5, 0.6) is 0 Å². The molecule has 4 rings (SSSR count). The minimum Gasteiger partial charge on any atom is -0.354 e. The fourth-order valence-corrected chi connectivity index (χ4v) is 6.06. The van der Waals surface area contributed by atoms with Crippen LogP contribution < -0.4 is 10.6 Å². The van der Waals surface area contributed by atoms with Crippen molar-refractivity contribution in [1.29, 1.82) is 0 Å². The molecule has 0 spiro atoms. The van der Waals surface area contributed by atoms with Crippen molar-refractivity contribution < 1.29 is 14.4 Å². The van der Waals surface area contributed by atoms with Crippen LogP contribution in [-0.2, 0) is 27.2 Å². The third-order valence-electron chi connectivity index (χ3n) is 8.36. The van der Waals surface area contributed by atoms with Gasteiger partial charge in [-0.15, -0.1) is 0 Å². The Morgan fingerprint density at radius 1 is 0.875 bits per heavy atom. The van der Waals surface area contributed by atoms with E-state index < -0.39 is 6.04 Å². The van der Waals surface area contributed by atoms with Crippen LogP contribution >= 0.6 is 11.6 Å². The average Bonchev–Trinajstić information content (AvgIpc) is 2.97. The monoisotopic (exact) mass is 566 g/mol. The molecule has 2 fully saturated rings. The number of nitrogens with one attached hydrogen (secondary N) is 2. The number of carbonyl (C=O) groups excluding carboxylic acids is 3. The topological polar surface area (TPSA) is 81.8 Å². The fourth-order valence-electron chi connectivity index (χ4n) is 5.94. The van der Waals surface area contributed by atoms with E-state index in [9.17, 15) is 14.4 Å². The van der Waals surface area contributed by atoms with Crippen LogP contribution in [0.4, 0.5) is 0 Å². The lowest BCUT2D eigenvalue weighted by Gasteiger charge is -2.50. The summed E-state index contributed by atoms with van der Waals surface area (Å²) in [6.45, 7) is 7.02. The first-order valence-corrected chi connectivity index (χ1v) is 15.0. The second-order valence-electron chi connectivity index (χ2n) is 11.6. The van der Waals surface area contributed by atoms with E-state index in [0.29, 0.717) is 37.5 Å². The lowest BCUT2D eigenvalue weighted by molar-refractivity contribution is -0.139. The minimum absolute atomic E-state index is 0.0440. The highest BCUT2D eigenvalue weighted by Crippen LogP contribution is 2.34. The Labute approximate surface area is 243 Å². The molecule has 1 aliphatic heterocycles. The molecule has 2 aliphatic rings. The first-order valence-electron chi connectivity index (χ1n) is 14.6. The van der Waals surface area contributed by atoms with Gasteiger partial charge in [0.1, 0.15) is 6.04 Å². The molecule has 2 aromatic carbocycles. The number of halogens is 1. The molecule has 1 saturated carbocycles. The van der Waals surface area contributed by atoms with Gasteiger partial charge < -0.3 is 15.5 Å². The largest absolute Gasteiger partial charge is 0.354 e. The average molecular weight is 567 g/mol. The summed E-state index contributed by atoms with van der Waals surface area (Å²) in [4.78, 5) is 43.4. The molecule has 1 aliphatic carbocycles. The Bertz CT molecular complexity index is 1120. The second-order valence-corrected chi connectivity index (χ2v) is 12.0. The van der Waals surface area contributed by atoms with Crippen LogP contribution in [0.15, 0.2) is 54.6 Å². The second kappa shape index (κ2) is 14.1. The first kappa shape index (κ1) is 30.1. The van der Waals surface area contributed by atoms with E-state index in [1.807, 2.05) is 73.3 Å². The molecule has 0 aromatic heterocycles. The highest BCUT2D eigenvalue weighted by atomic mass is 35.5. The van der Waals surface area contributed by atoms with Gasteiger partial charge in [0.25, 0.3) is 0 Å². The van der Waals surface area contributed by atoms with Crippen molar-refractivity contribution in [3.8, 4) is 0 Å². The molecule has 0 unspecified atom stereocenters. The molecule has 1 saturated heterocycles. The summed E-state index contributed by atoms with van der Waals surface area (Å²) >= 11 is 6.05. The quantitative estimate of drug-likeness (QED) is 0.451. The van der Waals surface area contributed by atoms with E-state index in [-0.39, 0.29) is 29.2 Å². The molecule has 0 radical (unpaired) electrons. The Hall–Kier alpha value is -2.90. The summed E-state index contributed by atoms with van der Waals surface area (Å²) in [7, 11) is 0. The van der Waals surface area contributed by atoms with E-state index in [2.05, 4.69) is 15.5 Å². The van der Waals surface area contributed by atoms with Gasteiger partial charge in [-0.3, -0.25) is 19.3 Å². The number of rotatable bonds is 10.